The molecule has 1 aromatic heterocycles. The van der Waals surface area contributed by atoms with Gasteiger partial charge in [0.05, 0.1) is 5.69 Å². The zero-order chi connectivity index (χ0) is 8.23. The minimum absolute atomic E-state index is 0.910. The van der Waals surface area contributed by atoms with Crippen molar-refractivity contribution in [2.45, 2.75) is 6.54 Å². The fourth-order valence-corrected chi connectivity index (χ4v) is 2.25. The minimum atomic E-state index is 0.910. The number of oxazole rings is 1. The predicted octanol–water partition coefficient (Wildman–Crippen LogP) is 1.02. The first-order valence-corrected chi connectivity index (χ1v) is 5.21. The van der Waals surface area contributed by atoms with Gasteiger partial charge in [0.2, 0.25) is 0 Å². The molecule has 0 aliphatic carbocycles. The Morgan fingerprint density at radius 1 is 1.58 bits per heavy atom. The number of aromatic nitrogens is 1. The Kier molecular flexibility index (Phi) is 2.68. The van der Waals surface area contributed by atoms with Crippen LogP contribution in [0.5, 0.6) is 0 Å². The van der Waals surface area contributed by atoms with Crippen LogP contribution in [0.4, 0.5) is 0 Å². The SMILES string of the molecule is [c]1nc(CN2CCSCC2)co1. The standard InChI is InChI=1S/C8H11N2OS/c1-3-12-4-2-10(1)5-8-6-11-7-9-8/h6H,1-5H2. The monoisotopic (exact) mass is 183 g/mol. The normalized spacial score (nSPS) is 19.7. The highest BCUT2D eigenvalue weighted by Crippen LogP contribution is 2.11. The molecule has 1 fully saturated rings. The zero-order valence-corrected chi connectivity index (χ0v) is 7.64. The molecule has 1 radical (unpaired) electrons. The van der Waals surface area contributed by atoms with Crippen LogP contribution in [0, 0.1) is 6.39 Å². The maximum atomic E-state index is 4.79. The van der Waals surface area contributed by atoms with Gasteiger partial charge in [0.25, 0.3) is 6.39 Å². The maximum Gasteiger partial charge on any atom is 0.283 e. The molecule has 0 aromatic carbocycles. The molecule has 1 aliphatic heterocycles. The van der Waals surface area contributed by atoms with E-state index in [4.69, 9.17) is 4.42 Å². The van der Waals surface area contributed by atoms with E-state index in [1.54, 1.807) is 6.26 Å². The van der Waals surface area contributed by atoms with Gasteiger partial charge in [-0.2, -0.15) is 11.8 Å². The second-order valence-corrected chi connectivity index (χ2v) is 4.04. The first kappa shape index (κ1) is 8.13. The van der Waals surface area contributed by atoms with Crippen molar-refractivity contribution in [2.24, 2.45) is 0 Å². The fraction of sp³-hybridized carbons (Fsp3) is 0.625. The van der Waals surface area contributed by atoms with Crippen LogP contribution in [0.1, 0.15) is 5.69 Å². The zero-order valence-electron chi connectivity index (χ0n) is 6.82. The van der Waals surface area contributed by atoms with Gasteiger partial charge in [-0.3, -0.25) is 4.90 Å². The number of rotatable bonds is 2. The molecule has 0 N–H and O–H groups in total. The molecule has 0 atom stereocenters. The van der Waals surface area contributed by atoms with Crippen molar-refractivity contribution < 1.29 is 4.42 Å². The third kappa shape index (κ3) is 2.01. The molecule has 3 nitrogen and oxygen atoms in total. The summed E-state index contributed by atoms with van der Waals surface area (Å²) in [7, 11) is 0. The summed E-state index contributed by atoms with van der Waals surface area (Å²) in [5.41, 5.74) is 0.988. The number of hydrogen-bond donors (Lipinski definition) is 0. The summed E-state index contributed by atoms with van der Waals surface area (Å²) in [5, 5.41) is 0. The van der Waals surface area contributed by atoms with E-state index >= 15 is 0 Å². The molecular formula is C8H11N2OS. The quantitative estimate of drug-likeness (QED) is 0.684. The molecule has 4 heteroatoms. The molecule has 12 heavy (non-hydrogen) atoms. The topological polar surface area (TPSA) is 29.3 Å². The summed E-state index contributed by atoms with van der Waals surface area (Å²) in [6, 6.07) is 0. The van der Waals surface area contributed by atoms with Crippen molar-refractivity contribution in [3.05, 3.63) is 18.4 Å². The van der Waals surface area contributed by atoms with Gasteiger partial charge in [-0.1, -0.05) is 0 Å². The lowest BCUT2D eigenvalue weighted by molar-refractivity contribution is 0.291. The van der Waals surface area contributed by atoms with Gasteiger partial charge in [-0.05, 0) is 0 Å². The Balaban J connectivity index is 1.86. The average Bonchev–Trinajstić information content (AvgIpc) is 2.59. The van der Waals surface area contributed by atoms with Crippen LogP contribution in [0.15, 0.2) is 10.7 Å². The highest BCUT2D eigenvalue weighted by atomic mass is 32.2. The van der Waals surface area contributed by atoms with Crippen LogP contribution in [-0.4, -0.2) is 34.5 Å². The van der Waals surface area contributed by atoms with E-state index < -0.39 is 0 Å². The Hall–Kier alpha value is -0.480. The van der Waals surface area contributed by atoms with E-state index in [9.17, 15) is 0 Å². The minimum Gasteiger partial charge on any atom is -0.441 e. The molecule has 2 heterocycles. The summed E-state index contributed by atoms with van der Waals surface area (Å²) >= 11 is 2.02. The summed E-state index contributed by atoms with van der Waals surface area (Å²) in [5.74, 6) is 2.48. The van der Waals surface area contributed by atoms with Gasteiger partial charge in [0.1, 0.15) is 6.26 Å². The van der Waals surface area contributed by atoms with Crippen molar-refractivity contribution in [3.8, 4) is 0 Å². The molecule has 1 aliphatic rings. The van der Waals surface area contributed by atoms with Crippen molar-refractivity contribution in [1.29, 1.82) is 0 Å². The number of hydrogen-bond acceptors (Lipinski definition) is 4. The number of thioether (sulfide) groups is 1. The Morgan fingerprint density at radius 2 is 2.42 bits per heavy atom. The summed E-state index contributed by atoms with van der Waals surface area (Å²) in [4.78, 5) is 6.36. The fourth-order valence-electron chi connectivity index (χ4n) is 1.27. The molecule has 0 amide bonds. The average molecular weight is 183 g/mol. The van der Waals surface area contributed by atoms with Crippen LogP contribution in [-0.2, 0) is 6.54 Å². The van der Waals surface area contributed by atoms with E-state index in [0.29, 0.717) is 0 Å². The smallest absolute Gasteiger partial charge is 0.283 e. The summed E-state index contributed by atoms with van der Waals surface area (Å²) in [6.45, 7) is 3.24. The molecule has 1 aromatic rings. The van der Waals surface area contributed by atoms with Gasteiger partial charge in [0, 0.05) is 31.1 Å². The van der Waals surface area contributed by atoms with E-state index in [0.717, 1.165) is 25.3 Å². The van der Waals surface area contributed by atoms with Gasteiger partial charge >= 0.3 is 0 Å². The highest BCUT2D eigenvalue weighted by molar-refractivity contribution is 7.99. The lowest BCUT2D eigenvalue weighted by Crippen LogP contribution is -2.32. The van der Waals surface area contributed by atoms with Crippen molar-refractivity contribution in [3.63, 3.8) is 0 Å². The third-order valence-corrected chi connectivity index (χ3v) is 2.87. The van der Waals surface area contributed by atoms with E-state index in [1.807, 2.05) is 11.8 Å². The van der Waals surface area contributed by atoms with Crippen molar-refractivity contribution in [2.75, 3.05) is 24.6 Å². The predicted molar refractivity (Wildman–Crippen MR) is 47.9 cm³/mol. The van der Waals surface area contributed by atoms with Crippen LogP contribution in [0.3, 0.4) is 0 Å². The second-order valence-electron chi connectivity index (χ2n) is 2.82. The Bertz CT molecular complexity index is 219. The van der Waals surface area contributed by atoms with E-state index in [1.165, 1.54) is 11.5 Å². The van der Waals surface area contributed by atoms with Crippen LogP contribution in [0.25, 0.3) is 0 Å². The Labute approximate surface area is 76.1 Å². The highest BCUT2D eigenvalue weighted by Gasteiger charge is 2.11. The number of nitrogens with zero attached hydrogens (tertiary/aromatic N) is 2. The van der Waals surface area contributed by atoms with Crippen molar-refractivity contribution in [1.82, 2.24) is 9.88 Å². The summed E-state index contributed by atoms with van der Waals surface area (Å²) < 4.78 is 4.79. The van der Waals surface area contributed by atoms with Crippen LogP contribution < -0.4 is 0 Å². The lowest BCUT2D eigenvalue weighted by atomic mass is 10.4. The summed E-state index contributed by atoms with van der Waals surface area (Å²) in [6.07, 6.45) is 4.13. The van der Waals surface area contributed by atoms with Crippen LogP contribution in [0.2, 0.25) is 0 Å². The lowest BCUT2D eigenvalue weighted by Gasteiger charge is -2.24. The van der Waals surface area contributed by atoms with E-state index in [2.05, 4.69) is 16.3 Å². The first-order valence-electron chi connectivity index (χ1n) is 4.06. The molecule has 0 unspecified atom stereocenters. The van der Waals surface area contributed by atoms with E-state index in [-0.39, 0.29) is 0 Å². The van der Waals surface area contributed by atoms with Gasteiger partial charge in [-0.15, -0.1) is 0 Å². The van der Waals surface area contributed by atoms with Crippen LogP contribution >= 0.6 is 11.8 Å². The second kappa shape index (κ2) is 3.96. The molecule has 0 spiro atoms. The van der Waals surface area contributed by atoms with Gasteiger partial charge in [-0.25, -0.2) is 4.98 Å². The molecular weight excluding hydrogens is 172 g/mol. The molecule has 1 saturated heterocycles. The van der Waals surface area contributed by atoms with Gasteiger partial charge < -0.3 is 4.42 Å². The van der Waals surface area contributed by atoms with Gasteiger partial charge in [0.15, 0.2) is 0 Å². The third-order valence-electron chi connectivity index (χ3n) is 1.93. The largest absolute Gasteiger partial charge is 0.441 e. The molecule has 0 bridgehead atoms. The Morgan fingerprint density at radius 3 is 3.08 bits per heavy atom. The molecule has 2 rings (SSSR count). The maximum absolute atomic E-state index is 4.79. The van der Waals surface area contributed by atoms with Crippen molar-refractivity contribution >= 4 is 11.8 Å². The molecule has 0 saturated carbocycles. The molecule has 65 valence electrons. The first-order chi connectivity index (χ1) is 5.95.